The third-order valence-electron chi connectivity index (χ3n) is 3.30. The highest BCUT2D eigenvalue weighted by Crippen LogP contribution is 2.40. The van der Waals surface area contributed by atoms with Crippen molar-refractivity contribution >= 4 is 24.2 Å². The van der Waals surface area contributed by atoms with Crippen LogP contribution in [0.2, 0.25) is 0 Å². The second kappa shape index (κ2) is 6.56. The molecule has 0 bridgehead atoms. The maximum absolute atomic E-state index is 6.35. The quantitative estimate of drug-likeness (QED) is 0.468. The van der Waals surface area contributed by atoms with Crippen LogP contribution < -0.4 is 9.83 Å². The van der Waals surface area contributed by atoms with Crippen LogP contribution >= 0.6 is 8.15 Å². The highest BCUT2D eigenvalue weighted by Gasteiger charge is 2.13. The molecule has 0 aromatic heterocycles. The molecule has 1 atom stereocenters. The molecule has 0 amide bonds. The molecule has 0 saturated heterocycles. The van der Waals surface area contributed by atoms with Crippen LogP contribution in [0.15, 0.2) is 85.5 Å². The molecule has 0 aliphatic heterocycles. The molecule has 0 heterocycles. The first-order chi connectivity index (χ1) is 10.4. The zero-order chi connectivity index (χ0) is 14.5. The topological polar surface area (TPSA) is 9.23 Å². The van der Waals surface area contributed by atoms with Crippen LogP contribution in [-0.2, 0) is 0 Å². The summed E-state index contributed by atoms with van der Waals surface area (Å²) >= 11 is 0. The van der Waals surface area contributed by atoms with Gasteiger partial charge in [-0.15, -0.1) is 6.58 Å². The Balaban J connectivity index is 1.97. The molecule has 0 N–H and O–H groups in total. The molecule has 1 unspecified atom stereocenters. The van der Waals surface area contributed by atoms with Crippen LogP contribution in [0.5, 0.6) is 5.75 Å². The van der Waals surface area contributed by atoms with E-state index >= 15 is 0 Å². The van der Waals surface area contributed by atoms with E-state index in [2.05, 4.69) is 55.1 Å². The minimum atomic E-state index is -0.723. The zero-order valence-corrected chi connectivity index (χ0v) is 12.7. The Morgan fingerprint density at radius 1 is 0.857 bits per heavy atom. The normalized spacial score (nSPS) is 12.0. The van der Waals surface area contributed by atoms with Crippen LogP contribution in [0, 0.1) is 0 Å². The van der Waals surface area contributed by atoms with Gasteiger partial charge in [0, 0.05) is 16.9 Å². The van der Waals surface area contributed by atoms with Gasteiger partial charge in [-0.3, -0.25) is 0 Å². The van der Waals surface area contributed by atoms with E-state index < -0.39 is 8.15 Å². The minimum Gasteiger partial charge on any atom is -0.468 e. The van der Waals surface area contributed by atoms with Crippen LogP contribution in [0.1, 0.15) is 0 Å². The Hall–Kier alpha value is -2.11. The summed E-state index contributed by atoms with van der Waals surface area (Å²) in [5.41, 5.74) is 0. The molecule has 1 nitrogen and oxygen atoms in total. The Morgan fingerprint density at radius 2 is 1.57 bits per heavy atom. The zero-order valence-electron chi connectivity index (χ0n) is 11.8. The summed E-state index contributed by atoms with van der Waals surface area (Å²) in [7, 11) is -0.723. The third kappa shape index (κ3) is 3.15. The average molecular weight is 292 g/mol. The monoisotopic (exact) mass is 292 g/mol. The van der Waals surface area contributed by atoms with Crippen molar-refractivity contribution in [1.29, 1.82) is 0 Å². The summed E-state index contributed by atoms with van der Waals surface area (Å²) in [4.78, 5) is 0. The third-order valence-corrected chi connectivity index (χ3v) is 5.18. The number of allylic oxidation sites excluding steroid dienone is 1. The molecule has 0 fully saturated rings. The lowest BCUT2D eigenvalue weighted by atomic mass is 10.1. The minimum absolute atomic E-state index is 0.723. The Kier molecular flexibility index (Phi) is 4.33. The van der Waals surface area contributed by atoms with Crippen molar-refractivity contribution in [3.05, 3.63) is 85.5 Å². The summed E-state index contributed by atoms with van der Waals surface area (Å²) in [6.07, 6.45) is 2.78. The number of rotatable bonds is 5. The van der Waals surface area contributed by atoms with Crippen molar-refractivity contribution in [2.45, 2.75) is 0 Å². The Morgan fingerprint density at radius 3 is 2.38 bits per heavy atom. The standard InChI is InChI=1S/C19H17OP/c1-2-15-21(17-11-4-3-5-12-17)20-19-14-8-10-16-9-6-7-13-18(16)19/h2-14H,1,15H2. The fraction of sp³-hybridized carbons (Fsp3) is 0.0526. The van der Waals surface area contributed by atoms with E-state index in [1.165, 1.54) is 10.7 Å². The van der Waals surface area contributed by atoms with Gasteiger partial charge in [0.05, 0.1) is 0 Å². The molecular formula is C19H17OP. The van der Waals surface area contributed by atoms with Crippen LogP contribution in [0.25, 0.3) is 10.8 Å². The van der Waals surface area contributed by atoms with E-state index in [-0.39, 0.29) is 0 Å². The van der Waals surface area contributed by atoms with E-state index in [9.17, 15) is 0 Å². The van der Waals surface area contributed by atoms with E-state index in [0.717, 1.165) is 17.3 Å². The largest absolute Gasteiger partial charge is 0.468 e. The van der Waals surface area contributed by atoms with Crippen molar-refractivity contribution in [3.63, 3.8) is 0 Å². The molecule has 0 saturated carbocycles. The number of hydrogen-bond donors (Lipinski definition) is 0. The maximum Gasteiger partial charge on any atom is 0.131 e. The van der Waals surface area contributed by atoms with Gasteiger partial charge in [0.15, 0.2) is 0 Å². The maximum atomic E-state index is 6.35. The van der Waals surface area contributed by atoms with Crippen molar-refractivity contribution in [1.82, 2.24) is 0 Å². The van der Waals surface area contributed by atoms with Gasteiger partial charge in [-0.05, 0) is 11.5 Å². The van der Waals surface area contributed by atoms with E-state index in [4.69, 9.17) is 4.52 Å². The van der Waals surface area contributed by atoms with Gasteiger partial charge in [-0.2, -0.15) is 0 Å². The molecule has 0 spiro atoms. The molecule has 2 heteroatoms. The first-order valence-electron chi connectivity index (χ1n) is 6.98. The van der Waals surface area contributed by atoms with Gasteiger partial charge < -0.3 is 4.52 Å². The number of fused-ring (bicyclic) bond motifs is 1. The summed E-state index contributed by atoms with van der Waals surface area (Å²) in [6, 6.07) is 24.9. The van der Waals surface area contributed by atoms with Gasteiger partial charge in [-0.1, -0.05) is 72.8 Å². The van der Waals surface area contributed by atoms with Crippen LogP contribution in [0.3, 0.4) is 0 Å². The Bertz CT molecular complexity index is 731. The first-order valence-corrected chi connectivity index (χ1v) is 8.42. The summed E-state index contributed by atoms with van der Waals surface area (Å²) in [6.45, 7) is 3.87. The van der Waals surface area contributed by atoms with Gasteiger partial charge in [0.2, 0.25) is 0 Å². The molecule has 21 heavy (non-hydrogen) atoms. The lowest BCUT2D eigenvalue weighted by Gasteiger charge is -2.18. The fourth-order valence-corrected chi connectivity index (χ4v) is 3.83. The summed E-state index contributed by atoms with van der Waals surface area (Å²) < 4.78 is 6.35. The van der Waals surface area contributed by atoms with Crippen molar-refractivity contribution in [2.75, 3.05) is 6.16 Å². The average Bonchev–Trinajstić information content (AvgIpc) is 2.55. The highest BCUT2D eigenvalue weighted by molar-refractivity contribution is 7.61. The molecule has 3 aromatic rings. The molecule has 104 valence electrons. The van der Waals surface area contributed by atoms with Crippen molar-refractivity contribution < 1.29 is 4.52 Å². The molecule has 0 radical (unpaired) electrons. The van der Waals surface area contributed by atoms with Crippen LogP contribution in [-0.4, -0.2) is 6.16 Å². The van der Waals surface area contributed by atoms with Crippen molar-refractivity contribution in [2.24, 2.45) is 0 Å². The summed E-state index contributed by atoms with van der Waals surface area (Å²) in [5.74, 6) is 0.949. The molecule has 3 aromatic carbocycles. The molecule has 0 aliphatic carbocycles. The van der Waals surface area contributed by atoms with Crippen LogP contribution in [0.4, 0.5) is 0 Å². The number of benzene rings is 3. The molecule has 3 rings (SSSR count). The fourth-order valence-electron chi connectivity index (χ4n) is 2.30. The number of hydrogen-bond acceptors (Lipinski definition) is 1. The highest BCUT2D eigenvalue weighted by atomic mass is 31.1. The smallest absolute Gasteiger partial charge is 0.131 e. The lowest BCUT2D eigenvalue weighted by molar-refractivity contribution is 0.631. The second-order valence-corrected chi connectivity index (χ2v) is 6.57. The van der Waals surface area contributed by atoms with Crippen molar-refractivity contribution in [3.8, 4) is 5.75 Å². The van der Waals surface area contributed by atoms with E-state index in [1.54, 1.807) is 0 Å². The van der Waals surface area contributed by atoms with Gasteiger partial charge in [-0.25, -0.2) is 0 Å². The van der Waals surface area contributed by atoms with Gasteiger partial charge in [0.1, 0.15) is 13.9 Å². The van der Waals surface area contributed by atoms with E-state index in [1.807, 2.05) is 30.3 Å². The first kappa shape index (κ1) is 13.9. The second-order valence-electron chi connectivity index (χ2n) is 4.75. The predicted octanol–water partition coefficient (Wildman–Crippen LogP) is 5.13. The van der Waals surface area contributed by atoms with Gasteiger partial charge >= 0.3 is 0 Å². The Labute approximate surface area is 126 Å². The molecule has 0 aliphatic rings. The molecular weight excluding hydrogens is 275 g/mol. The lowest BCUT2D eigenvalue weighted by Crippen LogP contribution is -2.06. The van der Waals surface area contributed by atoms with Gasteiger partial charge in [0.25, 0.3) is 0 Å². The SMILES string of the molecule is C=CCP(Oc1cccc2ccccc12)c1ccccc1. The summed E-state index contributed by atoms with van der Waals surface area (Å²) in [5, 5.41) is 3.60. The van der Waals surface area contributed by atoms with E-state index in [0.29, 0.717) is 0 Å². The predicted molar refractivity (Wildman–Crippen MR) is 92.6 cm³/mol.